The summed E-state index contributed by atoms with van der Waals surface area (Å²) in [7, 11) is 0. The van der Waals surface area contributed by atoms with Gasteiger partial charge in [0.2, 0.25) is 5.91 Å². The Bertz CT molecular complexity index is 1090. The summed E-state index contributed by atoms with van der Waals surface area (Å²) in [5.41, 5.74) is 4.38. The molecule has 2 aliphatic carbocycles. The lowest BCUT2D eigenvalue weighted by atomic mass is 9.98. The molecule has 2 aromatic carbocycles. The molecule has 0 aromatic heterocycles. The van der Waals surface area contributed by atoms with Crippen molar-refractivity contribution in [2.45, 2.75) is 56.5 Å². The van der Waals surface area contributed by atoms with E-state index in [1.54, 1.807) is 0 Å². The third-order valence-electron chi connectivity index (χ3n) is 6.61. The molecular weight excluding hydrogens is 446 g/mol. The molecule has 0 spiro atoms. The van der Waals surface area contributed by atoms with Crippen molar-refractivity contribution in [3.05, 3.63) is 59.7 Å². The monoisotopic (exact) mass is 475 g/mol. The number of hydrogen-bond donors (Lipinski definition) is 3. The van der Waals surface area contributed by atoms with Crippen LogP contribution in [0.2, 0.25) is 0 Å². The lowest BCUT2D eigenvalue weighted by Gasteiger charge is -2.22. The number of rotatable bonds is 11. The van der Waals surface area contributed by atoms with Crippen molar-refractivity contribution in [3.8, 4) is 17.2 Å². The Morgan fingerprint density at radius 1 is 1.00 bits per heavy atom. The van der Waals surface area contributed by atoms with Gasteiger partial charge in [0.15, 0.2) is 0 Å². The maximum Gasteiger partial charge on any atom is 0.407 e. The van der Waals surface area contributed by atoms with Crippen LogP contribution >= 0.6 is 0 Å². The van der Waals surface area contributed by atoms with Crippen LogP contribution in [0.25, 0.3) is 11.1 Å². The van der Waals surface area contributed by atoms with Crippen molar-refractivity contribution in [2.75, 3.05) is 6.61 Å². The quantitative estimate of drug-likeness (QED) is 0.422. The third kappa shape index (κ3) is 5.99. The van der Waals surface area contributed by atoms with Gasteiger partial charge in [-0.1, -0.05) is 61.4 Å². The number of nitrogens with one attached hydrogen (secondary N) is 2. The summed E-state index contributed by atoms with van der Waals surface area (Å²) >= 11 is 0. The van der Waals surface area contributed by atoms with E-state index in [9.17, 15) is 19.5 Å². The SMILES string of the molecule is N#CCCCC(NC(=O)OCC1c2ccccc2-c2ccccc21)C(=O)N[C@@H](CC1CC1)C(=O)O. The molecule has 1 unspecified atom stereocenters. The number of amides is 2. The molecule has 0 heterocycles. The fraction of sp³-hybridized carbons (Fsp3) is 0.407. The number of benzene rings is 2. The molecule has 2 aliphatic rings. The molecule has 35 heavy (non-hydrogen) atoms. The number of carboxylic acids is 1. The van der Waals surface area contributed by atoms with Crippen LogP contribution in [0, 0.1) is 17.2 Å². The van der Waals surface area contributed by atoms with Crippen molar-refractivity contribution in [2.24, 2.45) is 5.92 Å². The first-order valence-corrected chi connectivity index (χ1v) is 12.0. The molecule has 2 amide bonds. The van der Waals surface area contributed by atoms with Crippen molar-refractivity contribution < 1.29 is 24.2 Å². The second-order valence-corrected chi connectivity index (χ2v) is 9.15. The van der Waals surface area contributed by atoms with Gasteiger partial charge in [-0.2, -0.15) is 5.26 Å². The summed E-state index contributed by atoms with van der Waals surface area (Å²) in [5.74, 6) is -1.48. The number of fused-ring (bicyclic) bond motifs is 3. The molecular formula is C27H29N3O5. The molecule has 2 aromatic rings. The number of unbranched alkanes of at least 4 members (excludes halogenated alkanes) is 1. The lowest BCUT2D eigenvalue weighted by molar-refractivity contribution is -0.142. The number of nitrogens with zero attached hydrogens (tertiary/aromatic N) is 1. The minimum absolute atomic E-state index is 0.103. The summed E-state index contributed by atoms with van der Waals surface area (Å²) in [6.45, 7) is 0.103. The number of carbonyl (C=O) groups is 3. The summed E-state index contributed by atoms with van der Waals surface area (Å²) < 4.78 is 5.54. The van der Waals surface area contributed by atoms with Crippen LogP contribution in [0.5, 0.6) is 0 Å². The Balaban J connectivity index is 1.39. The molecule has 3 N–H and O–H groups in total. The molecule has 8 nitrogen and oxygen atoms in total. The Labute approximate surface area is 204 Å². The van der Waals surface area contributed by atoms with E-state index in [2.05, 4.69) is 10.6 Å². The summed E-state index contributed by atoms with van der Waals surface area (Å²) in [4.78, 5) is 37.1. The smallest absolute Gasteiger partial charge is 0.407 e. The molecule has 4 rings (SSSR count). The average molecular weight is 476 g/mol. The number of carbonyl (C=O) groups excluding carboxylic acids is 2. The maximum atomic E-state index is 12.8. The number of hydrogen-bond acceptors (Lipinski definition) is 5. The zero-order valence-corrected chi connectivity index (χ0v) is 19.4. The van der Waals surface area contributed by atoms with E-state index in [-0.39, 0.29) is 25.4 Å². The third-order valence-corrected chi connectivity index (χ3v) is 6.61. The molecule has 182 valence electrons. The maximum absolute atomic E-state index is 12.8. The van der Waals surface area contributed by atoms with Gasteiger partial charge in [-0.15, -0.1) is 0 Å². The van der Waals surface area contributed by atoms with E-state index in [1.807, 2.05) is 54.6 Å². The van der Waals surface area contributed by atoms with Gasteiger partial charge >= 0.3 is 12.1 Å². The molecule has 0 aliphatic heterocycles. The highest BCUT2D eigenvalue weighted by Gasteiger charge is 2.33. The highest BCUT2D eigenvalue weighted by atomic mass is 16.5. The molecule has 1 fully saturated rings. The van der Waals surface area contributed by atoms with E-state index >= 15 is 0 Å². The van der Waals surface area contributed by atoms with Gasteiger partial charge in [0, 0.05) is 12.3 Å². The van der Waals surface area contributed by atoms with Crippen LogP contribution in [0.1, 0.15) is 55.6 Å². The van der Waals surface area contributed by atoms with Crippen LogP contribution < -0.4 is 10.6 Å². The Morgan fingerprint density at radius 2 is 1.63 bits per heavy atom. The Hall–Kier alpha value is -3.86. The highest BCUT2D eigenvalue weighted by molar-refractivity contribution is 5.89. The van der Waals surface area contributed by atoms with E-state index in [0.29, 0.717) is 18.8 Å². The van der Waals surface area contributed by atoms with E-state index in [1.165, 1.54) is 0 Å². The molecule has 8 heteroatoms. The highest BCUT2D eigenvalue weighted by Crippen LogP contribution is 2.44. The number of alkyl carbamates (subject to hydrolysis) is 1. The van der Waals surface area contributed by atoms with Crippen molar-refractivity contribution >= 4 is 18.0 Å². The molecule has 0 saturated heterocycles. The minimum atomic E-state index is -1.10. The fourth-order valence-electron chi connectivity index (χ4n) is 4.62. The predicted octanol–water partition coefficient (Wildman–Crippen LogP) is 3.96. The van der Waals surface area contributed by atoms with E-state index in [4.69, 9.17) is 10.00 Å². The first kappa shape index (κ1) is 24.3. The summed E-state index contributed by atoms with van der Waals surface area (Å²) in [6, 6.07) is 16.0. The summed E-state index contributed by atoms with van der Waals surface area (Å²) in [6.07, 6.45) is 2.36. The predicted molar refractivity (Wildman–Crippen MR) is 128 cm³/mol. The molecule has 2 atom stereocenters. The van der Waals surface area contributed by atoms with Crippen LogP contribution in [-0.2, 0) is 14.3 Å². The van der Waals surface area contributed by atoms with Crippen molar-refractivity contribution in [1.29, 1.82) is 5.26 Å². The first-order chi connectivity index (χ1) is 17.0. The number of aliphatic carboxylic acids is 1. The molecule has 1 saturated carbocycles. The van der Waals surface area contributed by atoms with Gasteiger partial charge in [-0.3, -0.25) is 4.79 Å². The van der Waals surface area contributed by atoms with E-state index in [0.717, 1.165) is 35.1 Å². The Kier molecular flexibility index (Phi) is 7.66. The number of ether oxygens (including phenoxy) is 1. The van der Waals surface area contributed by atoms with Gasteiger partial charge in [0.25, 0.3) is 0 Å². The fourth-order valence-corrected chi connectivity index (χ4v) is 4.62. The van der Waals surface area contributed by atoms with Gasteiger partial charge in [0.05, 0.1) is 6.07 Å². The second-order valence-electron chi connectivity index (χ2n) is 9.15. The van der Waals surface area contributed by atoms with Gasteiger partial charge in [-0.05, 0) is 47.4 Å². The Morgan fingerprint density at radius 3 is 2.20 bits per heavy atom. The van der Waals surface area contributed by atoms with Gasteiger partial charge in [-0.25, -0.2) is 9.59 Å². The first-order valence-electron chi connectivity index (χ1n) is 12.0. The van der Waals surface area contributed by atoms with Crippen LogP contribution in [0.4, 0.5) is 4.79 Å². The topological polar surface area (TPSA) is 129 Å². The van der Waals surface area contributed by atoms with Crippen LogP contribution in [0.15, 0.2) is 48.5 Å². The molecule has 0 bridgehead atoms. The van der Waals surface area contributed by atoms with E-state index < -0.39 is 30.1 Å². The normalized spacial score (nSPS) is 15.7. The van der Waals surface area contributed by atoms with Crippen molar-refractivity contribution in [3.63, 3.8) is 0 Å². The van der Waals surface area contributed by atoms with Crippen molar-refractivity contribution in [1.82, 2.24) is 10.6 Å². The zero-order chi connectivity index (χ0) is 24.8. The largest absolute Gasteiger partial charge is 0.480 e. The lowest BCUT2D eigenvalue weighted by Crippen LogP contribution is -2.51. The zero-order valence-electron chi connectivity index (χ0n) is 19.4. The minimum Gasteiger partial charge on any atom is -0.480 e. The summed E-state index contributed by atoms with van der Waals surface area (Å²) in [5, 5.41) is 23.5. The number of nitriles is 1. The standard InChI is InChI=1S/C27H29N3O5/c28-14-6-5-11-23(25(31)29-24(26(32)33)15-17-12-13-17)30-27(34)35-16-22-20-9-3-1-7-18(20)19-8-2-4-10-21(19)22/h1-4,7-10,17,22-24H,5-6,11-13,15-16H2,(H,29,31)(H,30,34)(H,32,33)/t23?,24-/m0/s1. The van der Waals surface area contributed by atoms with Gasteiger partial charge in [0.1, 0.15) is 18.7 Å². The van der Waals surface area contributed by atoms with Crippen LogP contribution in [-0.4, -0.2) is 41.8 Å². The number of carboxylic acid groups (broad SMARTS) is 1. The van der Waals surface area contributed by atoms with Crippen LogP contribution in [0.3, 0.4) is 0 Å². The van der Waals surface area contributed by atoms with Gasteiger partial charge < -0.3 is 20.5 Å². The average Bonchev–Trinajstić information content (AvgIpc) is 3.62. The second kappa shape index (κ2) is 11.0. The molecule has 0 radical (unpaired) electrons.